The molecule has 1 heterocycles. The summed E-state index contributed by atoms with van der Waals surface area (Å²) in [5.41, 5.74) is -0.0395. The van der Waals surface area contributed by atoms with Crippen LogP contribution in [0.4, 0.5) is 4.39 Å². The van der Waals surface area contributed by atoms with E-state index in [1.54, 1.807) is 13.0 Å². The van der Waals surface area contributed by atoms with Crippen molar-refractivity contribution in [3.8, 4) is 0 Å². The third-order valence-corrected chi connectivity index (χ3v) is 3.56. The Labute approximate surface area is 120 Å². The summed E-state index contributed by atoms with van der Waals surface area (Å²) in [6.07, 6.45) is 5.66. The van der Waals surface area contributed by atoms with Crippen LogP contribution in [0.1, 0.15) is 11.9 Å². The molecule has 1 aliphatic carbocycles. The largest absolute Gasteiger partial charge is 0.382 e. The summed E-state index contributed by atoms with van der Waals surface area (Å²) >= 11 is 1.52. The van der Waals surface area contributed by atoms with Crippen molar-refractivity contribution in [2.45, 2.75) is 19.4 Å². The Morgan fingerprint density at radius 2 is 1.95 bits per heavy atom. The topological polar surface area (TPSA) is 50.2 Å². The molecule has 0 radical (unpaired) electrons. The van der Waals surface area contributed by atoms with Gasteiger partial charge in [0.2, 0.25) is 0 Å². The van der Waals surface area contributed by atoms with Crippen LogP contribution in [0, 0.1) is 12.7 Å². The molecule has 20 heavy (non-hydrogen) atoms. The monoisotopic (exact) mass is 291 g/mol. The summed E-state index contributed by atoms with van der Waals surface area (Å²) in [5, 5.41) is 10.1. The second-order valence-corrected chi connectivity index (χ2v) is 5.87. The number of benzene rings is 1. The Balaban J connectivity index is 0.000000151. The lowest BCUT2D eigenvalue weighted by atomic mass is 10.0. The highest BCUT2D eigenvalue weighted by Gasteiger charge is 2.14. The number of fused-ring (bicyclic) bond motifs is 1. The zero-order valence-corrected chi connectivity index (χ0v) is 11.9. The maximum Gasteiger partial charge on any atom is 0.178 e. The summed E-state index contributed by atoms with van der Waals surface area (Å²) in [6, 6.07) is 4.65. The number of aromatic nitrogens is 1. The highest BCUT2D eigenvalue weighted by molar-refractivity contribution is 7.18. The van der Waals surface area contributed by atoms with E-state index in [0.717, 1.165) is 15.2 Å². The van der Waals surface area contributed by atoms with Crippen molar-refractivity contribution in [2.75, 3.05) is 0 Å². The molecule has 0 aliphatic heterocycles. The SMILES string of the molecule is CC1(O)C=CC(=O)C=C1.Cc1nc2ccc(F)cc2s1. The predicted octanol–water partition coefficient (Wildman–Crippen LogP) is 3.18. The molecular formula is C15H14FNO2S. The molecule has 0 fully saturated rings. The molecule has 2 aromatic rings. The zero-order valence-electron chi connectivity index (χ0n) is 11.1. The fourth-order valence-electron chi connectivity index (χ4n) is 1.63. The number of thiazole rings is 1. The highest BCUT2D eigenvalue weighted by atomic mass is 32.1. The van der Waals surface area contributed by atoms with E-state index in [1.165, 1.54) is 47.8 Å². The number of hydrogen-bond donors (Lipinski definition) is 1. The van der Waals surface area contributed by atoms with Crippen molar-refractivity contribution in [3.05, 3.63) is 53.3 Å². The van der Waals surface area contributed by atoms with Gasteiger partial charge < -0.3 is 5.11 Å². The average Bonchev–Trinajstić information content (AvgIpc) is 2.73. The molecule has 1 aliphatic rings. The molecule has 3 rings (SSSR count). The zero-order chi connectivity index (χ0) is 14.8. The standard InChI is InChI=1S/C8H6FNS.C7H8O2/c1-5-10-7-3-2-6(9)4-8(7)11-5;1-7(9)4-2-6(8)3-5-7/h2-4H,1H3;2-5,9H,1H3. The van der Waals surface area contributed by atoms with E-state index < -0.39 is 5.60 Å². The molecule has 0 spiro atoms. The average molecular weight is 291 g/mol. The van der Waals surface area contributed by atoms with Crippen LogP contribution in [0.15, 0.2) is 42.5 Å². The summed E-state index contributed by atoms with van der Waals surface area (Å²) in [7, 11) is 0. The Morgan fingerprint density at radius 3 is 2.55 bits per heavy atom. The number of hydrogen-bond acceptors (Lipinski definition) is 4. The molecule has 0 bridgehead atoms. The second-order valence-electron chi connectivity index (χ2n) is 4.64. The maximum atomic E-state index is 12.6. The Bertz CT molecular complexity index is 683. The van der Waals surface area contributed by atoms with Crippen molar-refractivity contribution < 1.29 is 14.3 Å². The van der Waals surface area contributed by atoms with Crippen LogP contribution in [-0.4, -0.2) is 21.5 Å². The smallest absolute Gasteiger partial charge is 0.178 e. The van der Waals surface area contributed by atoms with Gasteiger partial charge in [-0.2, -0.15) is 0 Å². The molecule has 0 amide bonds. The van der Waals surface area contributed by atoms with Crippen LogP contribution in [0.25, 0.3) is 10.2 Å². The minimum absolute atomic E-state index is 0.0680. The van der Waals surface area contributed by atoms with Gasteiger partial charge in [0.15, 0.2) is 5.78 Å². The minimum Gasteiger partial charge on any atom is -0.382 e. The first-order chi connectivity index (χ1) is 9.35. The molecule has 1 aromatic carbocycles. The van der Waals surface area contributed by atoms with Gasteiger partial charge in [0.25, 0.3) is 0 Å². The molecule has 1 aromatic heterocycles. The molecule has 104 valence electrons. The van der Waals surface area contributed by atoms with Crippen molar-refractivity contribution in [1.82, 2.24) is 4.98 Å². The molecule has 0 saturated heterocycles. The van der Waals surface area contributed by atoms with Crippen molar-refractivity contribution in [3.63, 3.8) is 0 Å². The number of rotatable bonds is 0. The highest BCUT2D eigenvalue weighted by Crippen LogP contribution is 2.21. The van der Waals surface area contributed by atoms with Gasteiger partial charge in [-0.3, -0.25) is 4.79 Å². The van der Waals surface area contributed by atoms with Gasteiger partial charge in [0.05, 0.1) is 20.8 Å². The van der Waals surface area contributed by atoms with Crippen LogP contribution in [0.3, 0.4) is 0 Å². The van der Waals surface area contributed by atoms with E-state index in [4.69, 9.17) is 5.11 Å². The molecule has 1 N–H and O–H groups in total. The molecular weight excluding hydrogens is 277 g/mol. The third kappa shape index (κ3) is 3.82. The van der Waals surface area contributed by atoms with Gasteiger partial charge in [-0.25, -0.2) is 9.37 Å². The summed E-state index contributed by atoms with van der Waals surface area (Å²) in [5.74, 6) is -0.261. The Hall–Kier alpha value is -1.85. The first kappa shape index (κ1) is 14.6. The Kier molecular flexibility index (Phi) is 4.11. The minimum atomic E-state index is -0.923. The van der Waals surface area contributed by atoms with Crippen molar-refractivity contribution in [1.29, 1.82) is 0 Å². The van der Waals surface area contributed by atoms with Crippen LogP contribution in [0.2, 0.25) is 0 Å². The van der Waals surface area contributed by atoms with E-state index in [-0.39, 0.29) is 11.6 Å². The number of carbonyl (C=O) groups is 1. The van der Waals surface area contributed by atoms with E-state index in [0.29, 0.717) is 0 Å². The summed E-state index contributed by atoms with van der Waals surface area (Å²) in [6.45, 7) is 3.54. The lowest BCUT2D eigenvalue weighted by Crippen LogP contribution is -2.20. The lowest BCUT2D eigenvalue weighted by Gasteiger charge is -2.14. The number of carbonyl (C=O) groups excluding carboxylic acids is 1. The fraction of sp³-hybridized carbons (Fsp3) is 0.200. The third-order valence-electron chi connectivity index (χ3n) is 2.63. The number of ketones is 1. The lowest BCUT2D eigenvalue weighted by molar-refractivity contribution is -0.110. The normalized spacial score (nSPS) is 16.1. The summed E-state index contributed by atoms with van der Waals surface area (Å²) < 4.78 is 13.5. The summed E-state index contributed by atoms with van der Waals surface area (Å²) in [4.78, 5) is 14.7. The van der Waals surface area contributed by atoms with E-state index in [2.05, 4.69) is 4.98 Å². The van der Waals surface area contributed by atoms with E-state index in [9.17, 15) is 9.18 Å². The molecule has 0 atom stereocenters. The van der Waals surface area contributed by atoms with Crippen LogP contribution < -0.4 is 0 Å². The van der Waals surface area contributed by atoms with Gasteiger partial charge in [-0.05, 0) is 56.4 Å². The predicted molar refractivity (Wildman–Crippen MR) is 78.2 cm³/mol. The van der Waals surface area contributed by atoms with Gasteiger partial charge >= 0.3 is 0 Å². The van der Waals surface area contributed by atoms with Gasteiger partial charge in [-0.1, -0.05) is 0 Å². The molecule has 0 saturated carbocycles. The van der Waals surface area contributed by atoms with Crippen LogP contribution >= 0.6 is 11.3 Å². The number of halogens is 1. The van der Waals surface area contributed by atoms with Crippen LogP contribution in [0.5, 0.6) is 0 Å². The van der Waals surface area contributed by atoms with Gasteiger partial charge in [-0.15, -0.1) is 11.3 Å². The Morgan fingerprint density at radius 1 is 1.30 bits per heavy atom. The van der Waals surface area contributed by atoms with Gasteiger partial charge in [0, 0.05) is 0 Å². The molecule has 0 unspecified atom stereocenters. The van der Waals surface area contributed by atoms with E-state index >= 15 is 0 Å². The number of nitrogens with zero attached hydrogens (tertiary/aromatic N) is 1. The molecule has 3 nitrogen and oxygen atoms in total. The number of aryl methyl sites for hydroxylation is 1. The maximum absolute atomic E-state index is 12.6. The molecule has 5 heteroatoms. The first-order valence-electron chi connectivity index (χ1n) is 6.03. The quantitative estimate of drug-likeness (QED) is 0.811. The van der Waals surface area contributed by atoms with E-state index in [1.807, 2.05) is 6.92 Å². The number of aliphatic hydroxyl groups is 1. The van der Waals surface area contributed by atoms with Gasteiger partial charge in [0.1, 0.15) is 5.82 Å². The van der Waals surface area contributed by atoms with Crippen molar-refractivity contribution >= 4 is 27.3 Å². The second kappa shape index (κ2) is 5.64. The van der Waals surface area contributed by atoms with Crippen LogP contribution in [-0.2, 0) is 4.79 Å². The fourth-order valence-corrected chi connectivity index (χ4v) is 2.48. The van der Waals surface area contributed by atoms with Crippen molar-refractivity contribution in [2.24, 2.45) is 0 Å². The number of allylic oxidation sites excluding steroid dienone is 2. The first-order valence-corrected chi connectivity index (χ1v) is 6.85.